The number of carbonyl (C=O) groups is 1. The number of aryl methyl sites for hydroxylation is 1. The number of hydrogen-bond acceptors (Lipinski definition) is 2. The minimum absolute atomic E-state index is 0.106. The molecule has 4 heteroatoms. The van der Waals surface area contributed by atoms with E-state index in [2.05, 4.69) is 5.10 Å². The Bertz CT molecular complexity index is 602. The standard InChI is InChI=1S/C14H15ClN2O/c1-4-13(18)11-7-5-6-8-12(11)17-10(3)14(15)9(2)16-17/h5-8H,4H2,1-3H3. The van der Waals surface area contributed by atoms with E-state index in [0.717, 1.165) is 17.1 Å². The lowest BCUT2D eigenvalue weighted by Crippen LogP contribution is -2.07. The monoisotopic (exact) mass is 262 g/mol. The van der Waals surface area contributed by atoms with Crippen LogP contribution in [0, 0.1) is 13.8 Å². The van der Waals surface area contributed by atoms with Crippen LogP contribution < -0.4 is 0 Å². The molecular weight excluding hydrogens is 248 g/mol. The first-order valence-electron chi connectivity index (χ1n) is 5.90. The van der Waals surface area contributed by atoms with Crippen LogP contribution in [0.2, 0.25) is 5.02 Å². The highest BCUT2D eigenvalue weighted by Gasteiger charge is 2.15. The summed E-state index contributed by atoms with van der Waals surface area (Å²) in [7, 11) is 0. The molecule has 0 fully saturated rings. The molecule has 1 aromatic heterocycles. The van der Waals surface area contributed by atoms with E-state index in [1.807, 2.05) is 45.0 Å². The van der Waals surface area contributed by atoms with Crippen LogP contribution in [-0.4, -0.2) is 15.6 Å². The van der Waals surface area contributed by atoms with E-state index in [9.17, 15) is 4.79 Å². The van der Waals surface area contributed by atoms with E-state index in [1.54, 1.807) is 4.68 Å². The minimum atomic E-state index is 0.106. The first kappa shape index (κ1) is 12.8. The Morgan fingerprint density at radius 1 is 1.33 bits per heavy atom. The summed E-state index contributed by atoms with van der Waals surface area (Å²) < 4.78 is 1.74. The van der Waals surface area contributed by atoms with Gasteiger partial charge in [0.25, 0.3) is 0 Å². The predicted octanol–water partition coefficient (Wildman–Crippen LogP) is 3.74. The number of Topliss-reactive ketones (excluding diaryl/α,β-unsaturated/α-hetero) is 1. The molecule has 0 amide bonds. The van der Waals surface area contributed by atoms with E-state index >= 15 is 0 Å². The van der Waals surface area contributed by atoms with Crippen LogP contribution in [0.25, 0.3) is 5.69 Å². The smallest absolute Gasteiger partial charge is 0.164 e. The molecule has 0 atom stereocenters. The first-order chi connectivity index (χ1) is 8.56. The highest BCUT2D eigenvalue weighted by molar-refractivity contribution is 6.31. The second-order valence-corrected chi connectivity index (χ2v) is 4.57. The lowest BCUT2D eigenvalue weighted by atomic mass is 10.1. The van der Waals surface area contributed by atoms with Gasteiger partial charge in [-0.3, -0.25) is 4.79 Å². The summed E-state index contributed by atoms with van der Waals surface area (Å²) in [6.07, 6.45) is 0.476. The third kappa shape index (κ3) is 2.06. The van der Waals surface area contributed by atoms with Crippen molar-refractivity contribution in [2.24, 2.45) is 0 Å². The van der Waals surface area contributed by atoms with Gasteiger partial charge in [0.05, 0.1) is 22.1 Å². The maximum atomic E-state index is 11.9. The van der Waals surface area contributed by atoms with Gasteiger partial charge in [-0.2, -0.15) is 5.10 Å². The fourth-order valence-electron chi connectivity index (χ4n) is 1.94. The second kappa shape index (κ2) is 4.94. The summed E-state index contributed by atoms with van der Waals surface area (Å²) in [5, 5.41) is 5.04. The SMILES string of the molecule is CCC(=O)c1ccccc1-n1nc(C)c(Cl)c1C. The van der Waals surface area contributed by atoms with E-state index in [1.165, 1.54) is 0 Å². The maximum Gasteiger partial charge on any atom is 0.164 e. The van der Waals surface area contributed by atoms with Crippen LogP contribution in [-0.2, 0) is 0 Å². The summed E-state index contributed by atoms with van der Waals surface area (Å²) in [6, 6.07) is 7.47. The molecule has 0 aliphatic heterocycles. The molecular formula is C14H15ClN2O. The molecule has 0 unspecified atom stereocenters. The quantitative estimate of drug-likeness (QED) is 0.790. The number of hydrogen-bond donors (Lipinski definition) is 0. The Hall–Kier alpha value is -1.61. The molecule has 3 nitrogen and oxygen atoms in total. The van der Waals surface area contributed by atoms with Crippen LogP contribution in [0.1, 0.15) is 35.1 Å². The van der Waals surface area contributed by atoms with Gasteiger partial charge >= 0.3 is 0 Å². The number of nitrogens with zero attached hydrogens (tertiary/aromatic N) is 2. The van der Waals surface area contributed by atoms with Gasteiger partial charge in [-0.05, 0) is 26.0 Å². The highest BCUT2D eigenvalue weighted by Crippen LogP contribution is 2.24. The van der Waals surface area contributed by atoms with Crippen molar-refractivity contribution in [2.45, 2.75) is 27.2 Å². The number of carbonyl (C=O) groups excluding carboxylic acids is 1. The molecule has 2 rings (SSSR count). The predicted molar refractivity (Wildman–Crippen MR) is 72.7 cm³/mol. The Balaban J connectivity index is 2.64. The minimum Gasteiger partial charge on any atom is -0.294 e. The molecule has 94 valence electrons. The van der Waals surface area contributed by atoms with Gasteiger partial charge in [-0.1, -0.05) is 30.7 Å². The van der Waals surface area contributed by atoms with E-state index < -0.39 is 0 Å². The fraction of sp³-hybridized carbons (Fsp3) is 0.286. The van der Waals surface area contributed by atoms with Crippen molar-refractivity contribution in [2.75, 3.05) is 0 Å². The van der Waals surface area contributed by atoms with Crippen molar-refractivity contribution in [1.29, 1.82) is 0 Å². The summed E-state index contributed by atoms with van der Waals surface area (Å²) in [5.74, 6) is 0.106. The van der Waals surface area contributed by atoms with Crippen LogP contribution in [0.15, 0.2) is 24.3 Å². The fourth-order valence-corrected chi connectivity index (χ4v) is 2.06. The molecule has 0 N–H and O–H groups in total. The normalized spacial score (nSPS) is 10.7. The third-order valence-corrected chi connectivity index (χ3v) is 3.50. The molecule has 0 aliphatic rings. The van der Waals surface area contributed by atoms with E-state index in [4.69, 9.17) is 11.6 Å². The van der Waals surface area contributed by atoms with Crippen molar-refractivity contribution in [1.82, 2.24) is 9.78 Å². The zero-order valence-corrected chi connectivity index (χ0v) is 11.5. The summed E-state index contributed by atoms with van der Waals surface area (Å²) in [5.41, 5.74) is 3.09. The topological polar surface area (TPSA) is 34.9 Å². The maximum absolute atomic E-state index is 11.9. The zero-order valence-electron chi connectivity index (χ0n) is 10.7. The summed E-state index contributed by atoms with van der Waals surface area (Å²) in [6.45, 7) is 5.61. The first-order valence-corrected chi connectivity index (χ1v) is 6.28. The van der Waals surface area contributed by atoms with E-state index in [0.29, 0.717) is 17.0 Å². The third-order valence-electron chi connectivity index (χ3n) is 2.96. The Morgan fingerprint density at radius 2 is 2.00 bits per heavy atom. The van der Waals surface area contributed by atoms with Crippen molar-refractivity contribution >= 4 is 17.4 Å². The number of benzene rings is 1. The molecule has 0 spiro atoms. The van der Waals surface area contributed by atoms with Crippen LogP contribution >= 0.6 is 11.6 Å². The average molecular weight is 263 g/mol. The number of rotatable bonds is 3. The van der Waals surface area contributed by atoms with Crippen LogP contribution in [0.3, 0.4) is 0 Å². The number of para-hydroxylation sites is 1. The molecule has 0 saturated heterocycles. The second-order valence-electron chi connectivity index (χ2n) is 4.19. The van der Waals surface area contributed by atoms with Gasteiger partial charge in [0.15, 0.2) is 5.78 Å². The average Bonchev–Trinajstić information content (AvgIpc) is 2.65. The zero-order chi connectivity index (χ0) is 13.3. The van der Waals surface area contributed by atoms with Gasteiger partial charge in [-0.25, -0.2) is 4.68 Å². The van der Waals surface area contributed by atoms with Crippen LogP contribution in [0.5, 0.6) is 0 Å². The number of aromatic nitrogens is 2. The molecule has 0 aliphatic carbocycles. The highest BCUT2D eigenvalue weighted by atomic mass is 35.5. The molecule has 0 saturated carbocycles. The van der Waals surface area contributed by atoms with Gasteiger partial charge in [-0.15, -0.1) is 0 Å². The van der Waals surface area contributed by atoms with Crippen molar-refractivity contribution in [3.05, 3.63) is 46.2 Å². The Labute approximate surface area is 111 Å². The lowest BCUT2D eigenvalue weighted by molar-refractivity contribution is 0.0988. The van der Waals surface area contributed by atoms with E-state index in [-0.39, 0.29) is 5.78 Å². The van der Waals surface area contributed by atoms with Gasteiger partial charge < -0.3 is 0 Å². The summed E-state index contributed by atoms with van der Waals surface area (Å²) in [4.78, 5) is 11.9. The molecule has 1 aromatic carbocycles. The number of ketones is 1. The Morgan fingerprint density at radius 3 is 2.56 bits per heavy atom. The van der Waals surface area contributed by atoms with Gasteiger partial charge in [0.1, 0.15) is 0 Å². The molecule has 0 radical (unpaired) electrons. The summed E-state index contributed by atoms with van der Waals surface area (Å²) >= 11 is 6.15. The molecule has 1 heterocycles. The lowest BCUT2D eigenvalue weighted by Gasteiger charge is -2.09. The number of halogens is 1. The molecule has 0 bridgehead atoms. The van der Waals surface area contributed by atoms with Gasteiger partial charge in [0, 0.05) is 12.0 Å². The van der Waals surface area contributed by atoms with Crippen molar-refractivity contribution < 1.29 is 4.79 Å². The van der Waals surface area contributed by atoms with Crippen LogP contribution in [0.4, 0.5) is 0 Å². The molecule has 18 heavy (non-hydrogen) atoms. The van der Waals surface area contributed by atoms with Crippen molar-refractivity contribution in [3.63, 3.8) is 0 Å². The van der Waals surface area contributed by atoms with Crippen molar-refractivity contribution in [3.8, 4) is 5.69 Å². The molecule has 2 aromatic rings. The van der Waals surface area contributed by atoms with Gasteiger partial charge in [0.2, 0.25) is 0 Å². The largest absolute Gasteiger partial charge is 0.294 e. The Kier molecular flexibility index (Phi) is 3.53.